The number of nitrogens with one attached hydrogen (secondary N) is 2. The molecule has 2 aromatic rings. The van der Waals surface area contributed by atoms with E-state index in [4.69, 9.17) is 4.74 Å². The van der Waals surface area contributed by atoms with Crippen molar-refractivity contribution < 1.29 is 22.7 Å². The van der Waals surface area contributed by atoms with Crippen LogP contribution < -0.4 is 10.0 Å². The van der Waals surface area contributed by atoms with Crippen LogP contribution in [0.1, 0.15) is 23.6 Å². The van der Waals surface area contributed by atoms with E-state index in [2.05, 4.69) is 10.0 Å². The molecule has 0 saturated carbocycles. The second kappa shape index (κ2) is 9.99. The van der Waals surface area contributed by atoms with Gasteiger partial charge < -0.3 is 10.1 Å². The second-order valence-corrected chi connectivity index (χ2v) is 8.17. The average Bonchev–Trinajstić information content (AvgIpc) is 2.67. The third-order valence-electron chi connectivity index (χ3n) is 3.94. The molecule has 0 saturated heterocycles. The van der Waals surface area contributed by atoms with E-state index in [1.54, 1.807) is 30.3 Å². The number of anilines is 1. The Kier molecular flexibility index (Phi) is 7.69. The Hall–Kier alpha value is -2.97. The number of sulfonamides is 1. The third kappa shape index (κ3) is 7.52. The van der Waals surface area contributed by atoms with Crippen molar-refractivity contribution in [2.45, 2.75) is 26.8 Å². The van der Waals surface area contributed by atoms with E-state index < -0.39 is 34.5 Å². The van der Waals surface area contributed by atoms with Gasteiger partial charge in [0.15, 0.2) is 6.61 Å². The first-order valence-corrected chi connectivity index (χ1v) is 10.5. The van der Waals surface area contributed by atoms with Gasteiger partial charge in [-0.2, -0.15) is 4.72 Å². The number of rotatable bonds is 8. The van der Waals surface area contributed by atoms with Gasteiger partial charge in [0.05, 0.1) is 0 Å². The van der Waals surface area contributed by atoms with Crippen LogP contribution in [-0.2, 0) is 24.3 Å². The zero-order chi connectivity index (χ0) is 21.4. The summed E-state index contributed by atoms with van der Waals surface area (Å²) in [5.74, 6) is -1.36. The SMILES string of the molecule is Cc1ccc(NC(=O)COC(=O)[C@H](C)NS(=O)(=O)/C=C/c2ccccc2)c(C)c1. The van der Waals surface area contributed by atoms with Gasteiger partial charge in [-0.25, -0.2) is 8.42 Å². The molecule has 0 aliphatic heterocycles. The molecule has 0 unspecified atom stereocenters. The van der Waals surface area contributed by atoms with Crippen LogP contribution in [0.2, 0.25) is 0 Å². The molecule has 2 rings (SSSR count). The number of hydrogen-bond acceptors (Lipinski definition) is 5. The van der Waals surface area contributed by atoms with E-state index >= 15 is 0 Å². The quantitative estimate of drug-likeness (QED) is 0.645. The van der Waals surface area contributed by atoms with Crippen molar-refractivity contribution in [1.29, 1.82) is 0 Å². The molecule has 2 N–H and O–H groups in total. The van der Waals surface area contributed by atoms with E-state index in [0.29, 0.717) is 11.3 Å². The van der Waals surface area contributed by atoms with Gasteiger partial charge in [0.1, 0.15) is 6.04 Å². The van der Waals surface area contributed by atoms with Crippen molar-refractivity contribution in [2.24, 2.45) is 0 Å². The van der Waals surface area contributed by atoms with Crippen molar-refractivity contribution >= 4 is 33.7 Å². The van der Waals surface area contributed by atoms with Crippen LogP contribution in [-0.4, -0.2) is 32.9 Å². The molecule has 0 fully saturated rings. The van der Waals surface area contributed by atoms with Crippen molar-refractivity contribution in [3.05, 3.63) is 70.6 Å². The molecule has 0 aromatic heterocycles. The molecular weight excluding hydrogens is 392 g/mol. The minimum atomic E-state index is -3.85. The Morgan fingerprint density at radius 3 is 2.45 bits per heavy atom. The lowest BCUT2D eigenvalue weighted by atomic mass is 10.1. The van der Waals surface area contributed by atoms with Crippen LogP contribution >= 0.6 is 0 Å². The smallest absolute Gasteiger partial charge is 0.324 e. The van der Waals surface area contributed by atoms with E-state index in [0.717, 1.165) is 16.5 Å². The summed E-state index contributed by atoms with van der Waals surface area (Å²) in [7, 11) is -3.85. The first kappa shape index (κ1) is 22.3. The van der Waals surface area contributed by atoms with Gasteiger partial charge in [-0.15, -0.1) is 0 Å². The first-order chi connectivity index (χ1) is 13.7. The molecule has 0 bridgehead atoms. The molecule has 0 radical (unpaired) electrons. The maximum absolute atomic E-state index is 12.1. The molecule has 8 heteroatoms. The Balaban J connectivity index is 1.85. The predicted molar refractivity (Wildman–Crippen MR) is 112 cm³/mol. The molecular formula is C21H24N2O5S. The number of benzene rings is 2. The highest BCUT2D eigenvalue weighted by molar-refractivity contribution is 7.92. The highest BCUT2D eigenvalue weighted by Gasteiger charge is 2.20. The normalized spacial score (nSPS) is 12.5. The van der Waals surface area contributed by atoms with Gasteiger partial charge in [-0.3, -0.25) is 9.59 Å². The number of esters is 1. The Morgan fingerprint density at radius 2 is 1.79 bits per heavy atom. The van der Waals surface area contributed by atoms with Crippen LogP contribution in [0.3, 0.4) is 0 Å². The molecule has 0 spiro atoms. The van der Waals surface area contributed by atoms with Gasteiger partial charge in [-0.05, 0) is 44.0 Å². The largest absolute Gasteiger partial charge is 0.454 e. The lowest BCUT2D eigenvalue weighted by molar-refractivity contribution is -0.148. The van der Waals surface area contributed by atoms with E-state index in [9.17, 15) is 18.0 Å². The van der Waals surface area contributed by atoms with E-state index in [1.807, 2.05) is 32.0 Å². The third-order valence-corrected chi connectivity index (χ3v) is 5.11. The Morgan fingerprint density at radius 1 is 1.10 bits per heavy atom. The topological polar surface area (TPSA) is 102 Å². The van der Waals surface area contributed by atoms with Crippen LogP contribution in [0, 0.1) is 13.8 Å². The first-order valence-electron chi connectivity index (χ1n) is 8.95. The van der Waals surface area contributed by atoms with E-state index in [-0.39, 0.29) is 0 Å². The molecule has 0 heterocycles. The summed E-state index contributed by atoms with van der Waals surface area (Å²) >= 11 is 0. The van der Waals surface area contributed by atoms with Crippen LogP contribution in [0.25, 0.3) is 6.08 Å². The fourth-order valence-electron chi connectivity index (χ4n) is 2.47. The fraction of sp³-hybridized carbons (Fsp3) is 0.238. The molecule has 0 aliphatic carbocycles. The molecule has 154 valence electrons. The monoisotopic (exact) mass is 416 g/mol. The fourth-order valence-corrected chi connectivity index (χ4v) is 3.47. The highest BCUT2D eigenvalue weighted by Crippen LogP contribution is 2.15. The van der Waals surface area contributed by atoms with Crippen molar-refractivity contribution in [1.82, 2.24) is 4.72 Å². The number of amides is 1. The number of carbonyl (C=O) groups excluding carboxylic acids is 2. The molecule has 2 aromatic carbocycles. The van der Waals surface area contributed by atoms with Gasteiger partial charge in [0.2, 0.25) is 10.0 Å². The summed E-state index contributed by atoms with van der Waals surface area (Å²) in [6.45, 7) is 4.63. The second-order valence-electron chi connectivity index (χ2n) is 6.57. The summed E-state index contributed by atoms with van der Waals surface area (Å²) in [5.41, 5.74) is 3.28. The lowest BCUT2D eigenvalue weighted by Gasteiger charge is -2.13. The highest BCUT2D eigenvalue weighted by atomic mass is 32.2. The molecule has 1 atom stereocenters. The van der Waals surface area contributed by atoms with Crippen LogP contribution in [0.15, 0.2) is 53.9 Å². The van der Waals surface area contributed by atoms with Crippen LogP contribution in [0.5, 0.6) is 0 Å². The summed E-state index contributed by atoms with van der Waals surface area (Å²) in [5, 5.41) is 3.62. The van der Waals surface area contributed by atoms with Crippen molar-refractivity contribution in [3.63, 3.8) is 0 Å². The number of hydrogen-bond donors (Lipinski definition) is 2. The standard InChI is InChI=1S/C21H24N2O5S/c1-15-9-10-19(16(2)13-15)22-20(24)14-28-21(25)17(3)23-29(26,27)12-11-18-7-5-4-6-8-18/h4-13,17,23H,14H2,1-3H3,(H,22,24)/b12-11+/t17-/m0/s1. The average molecular weight is 416 g/mol. The summed E-state index contributed by atoms with van der Waals surface area (Å²) < 4.78 is 31.3. The van der Waals surface area contributed by atoms with Gasteiger partial charge in [-0.1, -0.05) is 48.0 Å². The van der Waals surface area contributed by atoms with E-state index in [1.165, 1.54) is 13.0 Å². The Labute approximate surface area is 170 Å². The molecule has 29 heavy (non-hydrogen) atoms. The number of ether oxygens (including phenoxy) is 1. The van der Waals surface area contributed by atoms with Crippen molar-refractivity contribution in [3.8, 4) is 0 Å². The van der Waals surface area contributed by atoms with Crippen molar-refractivity contribution in [2.75, 3.05) is 11.9 Å². The van der Waals surface area contributed by atoms with Crippen LogP contribution in [0.4, 0.5) is 5.69 Å². The van der Waals surface area contributed by atoms with Gasteiger partial charge >= 0.3 is 5.97 Å². The molecule has 0 aliphatic rings. The minimum Gasteiger partial charge on any atom is -0.454 e. The minimum absolute atomic E-state index is 0.510. The summed E-state index contributed by atoms with van der Waals surface area (Å²) in [6, 6.07) is 13.3. The molecule has 7 nitrogen and oxygen atoms in total. The zero-order valence-electron chi connectivity index (χ0n) is 16.5. The summed E-state index contributed by atoms with van der Waals surface area (Å²) in [4.78, 5) is 24.0. The van der Waals surface area contributed by atoms with Gasteiger partial charge in [0.25, 0.3) is 5.91 Å². The summed E-state index contributed by atoms with van der Waals surface area (Å²) in [6.07, 6.45) is 1.41. The molecule has 1 amide bonds. The predicted octanol–water partition coefficient (Wildman–Crippen LogP) is 2.76. The zero-order valence-corrected chi connectivity index (χ0v) is 17.3. The maximum Gasteiger partial charge on any atom is 0.324 e. The maximum atomic E-state index is 12.1. The lowest BCUT2D eigenvalue weighted by Crippen LogP contribution is -2.39. The van der Waals surface area contributed by atoms with Gasteiger partial charge in [0, 0.05) is 11.1 Å². The number of carbonyl (C=O) groups is 2. The number of aryl methyl sites for hydroxylation is 2. The Bertz CT molecular complexity index is 1000.